The van der Waals surface area contributed by atoms with Gasteiger partial charge in [-0.3, -0.25) is 9.59 Å². The van der Waals surface area contributed by atoms with Crippen LogP contribution in [0.25, 0.3) is 11.1 Å². The van der Waals surface area contributed by atoms with Crippen LogP contribution in [-0.4, -0.2) is 17.9 Å². The molecule has 0 radical (unpaired) electrons. The Balaban J connectivity index is 1.52. The Bertz CT molecular complexity index is 1200. The van der Waals surface area contributed by atoms with E-state index in [0.29, 0.717) is 12.1 Å². The van der Waals surface area contributed by atoms with Crippen LogP contribution in [0.15, 0.2) is 84.9 Å². The number of rotatable bonds is 2. The normalized spacial score (nSPS) is 24.4. The summed E-state index contributed by atoms with van der Waals surface area (Å²) in [5, 5.41) is 3.57. The van der Waals surface area contributed by atoms with Gasteiger partial charge in [0.25, 0.3) is 0 Å². The van der Waals surface area contributed by atoms with Gasteiger partial charge in [0, 0.05) is 11.3 Å². The van der Waals surface area contributed by atoms with Gasteiger partial charge in [0.05, 0.1) is 23.6 Å². The molecule has 3 aliphatic rings. The van der Waals surface area contributed by atoms with Gasteiger partial charge in [-0.1, -0.05) is 66.7 Å². The minimum absolute atomic E-state index is 0.0959. The summed E-state index contributed by atoms with van der Waals surface area (Å²) >= 11 is 0. The highest BCUT2D eigenvalue weighted by molar-refractivity contribution is 6.24. The number of anilines is 2. The molecule has 2 heterocycles. The summed E-state index contributed by atoms with van der Waals surface area (Å²) in [4.78, 5) is 28.4. The Morgan fingerprint density at radius 1 is 0.767 bits per heavy atom. The Morgan fingerprint density at radius 3 is 2.20 bits per heavy atom. The van der Waals surface area contributed by atoms with Crippen LogP contribution in [0.4, 0.5) is 11.4 Å². The topological polar surface area (TPSA) is 49.4 Å². The molecule has 0 aromatic heterocycles. The van der Waals surface area contributed by atoms with E-state index in [1.54, 1.807) is 0 Å². The van der Waals surface area contributed by atoms with E-state index in [-0.39, 0.29) is 23.8 Å². The molecule has 1 fully saturated rings. The van der Waals surface area contributed by atoms with Crippen LogP contribution in [-0.2, 0) is 9.59 Å². The van der Waals surface area contributed by atoms with Crippen LogP contribution >= 0.6 is 0 Å². The number of fused-ring (bicyclic) bond motifs is 5. The van der Waals surface area contributed by atoms with Gasteiger partial charge in [-0.15, -0.1) is 0 Å². The molecular weight excluding hydrogens is 372 g/mol. The molecule has 0 spiro atoms. The molecule has 3 aromatic carbocycles. The number of hydrogen-bond acceptors (Lipinski definition) is 3. The smallest absolute Gasteiger partial charge is 0.240 e. The molecule has 2 amide bonds. The quantitative estimate of drug-likeness (QED) is 0.649. The van der Waals surface area contributed by atoms with Crippen LogP contribution in [0.5, 0.6) is 0 Å². The first-order valence-corrected chi connectivity index (χ1v) is 10.3. The van der Waals surface area contributed by atoms with Crippen LogP contribution in [0.2, 0.25) is 0 Å². The fourth-order valence-corrected chi connectivity index (χ4v) is 5.28. The number of amides is 2. The third-order valence-corrected chi connectivity index (χ3v) is 6.56. The number of allylic oxidation sites excluding steroid dienone is 1. The molecule has 3 aromatic rings. The van der Waals surface area contributed by atoms with E-state index in [4.69, 9.17) is 0 Å². The Hall–Kier alpha value is -3.66. The Labute approximate surface area is 174 Å². The second kappa shape index (κ2) is 6.42. The molecule has 6 rings (SSSR count). The standard InChI is InChI=1S/C26H20N2O2/c29-25-20-15-19(16-9-3-1-4-10-16)22-18-13-7-8-14-21(18)27-24(22)23(20)26(30)28(25)17-11-5-2-6-12-17/h1-14,20,23-24,27H,15H2/t20-,23-,24?/m1/s1. The Morgan fingerprint density at radius 2 is 1.43 bits per heavy atom. The maximum absolute atomic E-state index is 13.5. The van der Waals surface area contributed by atoms with Gasteiger partial charge in [-0.25, -0.2) is 4.90 Å². The second-order valence-electron chi connectivity index (χ2n) is 8.11. The molecular formula is C26H20N2O2. The van der Waals surface area contributed by atoms with E-state index in [1.807, 2.05) is 60.7 Å². The molecule has 1 unspecified atom stereocenters. The minimum atomic E-state index is -0.396. The lowest BCUT2D eigenvalue weighted by Crippen LogP contribution is -2.39. The van der Waals surface area contributed by atoms with E-state index in [0.717, 1.165) is 28.0 Å². The lowest BCUT2D eigenvalue weighted by molar-refractivity contribution is -0.122. The zero-order chi connectivity index (χ0) is 20.2. The highest BCUT2D eigenvalue weighted by atomic mass is 16.2. The van der Waals surface area contributed by atoms with Crippen molar-refractivity contribution in [3.05, 3.63) is 96.1 Å². The zero-order valence-electron chi connectivity index (χ0n) is 16.3. The van der Waals surface area contributed by atoms with Crippen molar-refractivity contribution in [1.82, 2.24) is 0 Å². The van der Waals surface area contributed by atoms with E-state index in [1.165, 1.54) is 4.90 Å². The van der Waals surface area contributed by atoms with Crippen LogP contribution in [0.3, 0.4) is 0 Å². The summed E-state index contributed by atoms with van der Waals surface area (Å²) in [6.07, 6.45) is 0.574. The summed E-state index contributed by atoms with van der Waals surface area (Å²) < 4.78 is 0. The van der Waals surface area contributed by atoms with Crippen molar-refractivity contribution in [3.8, 4) is 0 Å². The molecule has 1 aliphatic carbocycles. The first kappa shape index (κ1) is 17.2. The number of imide groups is 1. The Kier molecular flexibility index (Phi) is 3.69. The molecule has 4 heteroatoms. The van der Waals surface area contributed by atoms with Crippen molar-refractivity contribution in [2.45, 2.75) is 12.5 Å². The largest absolute Gasteiger partial charge is 0.377 e. The predicted molar refractivity (Wildman–Crippen MR) is 118 cm³/mol. The number of hydrogen-bond donors (Lipinski definition) is 1. The van der Waals surface area contributed by atoms with Crippen LogP contribution < -0.4 is 10.2 Å². The molecule has 3 atom stereocenters. The average Bonchev–Trinajstić information content (AvgIpc) is 3.29. The summed E-state index contributed by atoms with van der Waals surface area (Å²) in [5.41, 5.74) is 6.26. The van der Waals surface area contributed by atoms with E-state index in [2.05, 4.69) is 29.6 Å². The molecule has 2 aliphatic heterocycles. The highest BCUT2D eigenvalue weighted by Gasteiger charge is 2.56. The minimum Gasteiger partial charge on any atom is -0.377 e. The number of carbonyl (C=O) groups excluding carboxylic acids is 2. The predicted octanol–water partition coefficient (Wildman–Crippen LogP) is 4.60. The number of benzene rings is 3. The van der Waals surface area contributed by atoms with Crippen molar-refractivity contribution in [3.63, 3.8) is 0 Å². The number of nitrogens with zero attached hydrogens (tertiary/aromatic N) is 1. The van der Waals surface area contributed by atoms with E-state index < -0.39 is 5.92 Å². The summed E-state index contributed by atoms with van der Waals surface area (Å²) in [6, 6.07) is 27.5. The van der Waals surface area contributed by atoms with Crippen molar-refractivity contribution >= 4 is 34.3 Å². The first-order chi connectivity index (χ1) is 14.7. The van der Waals surface area contributed by atoms with Crippen molar-refractivity contribution in [2.24, 2.45) is 11.8 Å². The maximum Gasteiger partial charge on any atom is 0.240 e. The molecule has 0 bridgehead atoms. The zero-order valence-corrected chi connectivity index (χ0v) is 16.3. The number of para-hydroxylation sites is 2. The third-order valence-electron chi connectivity index (χ3n) is 6.56. The maximum atomic E-state index is 13.5. The van der Waals surface area contributed by atoms with Crippen molar-refractivity contribution in [2.75, 3.05) is 10.2 Å². The fraction of sp³-hybridized carbons (Fsp3) is 0.154. The van der Waals surface area contributed by atoms with Gasteiger partial charge >= 0.3 is 0 Å². The van der Waals surface area contributed by atoms with Crippen LogP contribution in [0, 0.1) is 11.8 Å². The molecule has 0 saturated carbocycles. The van der Waals surface area contributed by atoms with Gasteiger partial charge in [0.1, 0.15) is 0 Å². The highest BCUT2D eigenvalue weighted by Crippen LogP contribution is 2.53. The van der Waals surface area contributed by atoms with Crippen molar-refractivity contribution < 1.29 is 9.59 Å². The third kappa shape index (κ3) is 2.34. The average molecular weight is 392 g/mol. The molecule has 1 N–H and O–H groups in total. The number of nitrogens with one attached hydrogen (secondary N) is 1. The van der Waals surface area contributed by atoms with E-state index >= 15 is 0 Å². The SMILES string of the molecule is O=C1[C@@H]2CC(c3ccccc3)=C3c4ccccc4NC3[C@@H]2C(=O)N1c1ccccc1. The molecule has 146 valence electrons. The lowest BCUT2D eigenvalue weighted by Gasteiger charge is -2.31. The summed E-state index contributed by atoms with van der Waals surface area (Å²) in [6.45, 7) is 0. The molecule has 30 heavy (non-hydrogen) atoms. The fourth-order valence-electron chi connectivity index (χ4n) is 5.28. The summed E-state index contributed by atoms with van der Waals surface area (Å²) in [7, 11) is 0. The first-order valence-electron chi connectivity index (χ1n) is 10.3. The van der Waals surface area contributed by atoms with Gasteiger partial charge in [0.15, 0.2) is 0 Å². The van der Waals surface area contributed by atoms with E-state index in [9.17, 15) is 9.59 Å². The van der Waals surface area contributed by atoms with Gasteiger partial charge < -0.3 is 5.32 Å². The monoisotopic (exact) mass is 392 g/mol. The summed E-state index contributed by atoms with van der Waals surface area (Å²) in [5.74, 6) is -0.955. The number of carbonyl (C=O) groups is 2. The van der Waals surface area contributed by atoms with Gasteiger partial charge in [-0.2, -0.15) is 0 Å². The molecule has 4 nitrogen and oxygen atoms in total. The van der Waals surface area contributed by atoms with Crippen LogP contribution in [0.1, 0.15) is 17.5 Å². The molecule has 1 saturated heterocycles. The van der Waals surface area contributed by atoms with Gasteiger partial charge in [-0.05, 0) is 41.3 Å². The van der Waals surface area contributed by atoms with Gasteiger partial charge in [0.2, 0.25) is 11.8 Å². The van der Waals surface area contributed by atoms with Crippen molar-refractivity contribution in [1.29, 1.82) is 0 Å². The lowest BCUT2D eigenvalue weighted by atomic mass is 9.72. The second-order valence-corrected chi connectivity index (χ2v) is 8.11.